The molecule has 0 aliphatic rings. The molecule has 0 bridgehead atoms. The molecule has 4 nitrogen and oxygen atoms in total. The van der Waals surface area contributed by atoms with Crippen LogP contribution in [0, 0.1) is 0 Å². The van der Waals surface area contributed by atoms with Crippen molar-refractivity contribution < 1.29 is 4.79 Å². The zero-order chi connectivity index (χ0) is 13.9. The SMILES string of the molecule is O=Cc1cn(-c2ccc(Br)cc2)nc1-c1ccccn1. The van der Waals surface area contributed by atoms with Gasteiger partial charge in [-0.25, -0.2) is 4.68 Å². The Kier molecular flexibility index (Phi) is 3.43. The molecule has 1 aromatic carbocycles. The summed E-state index contributed by atoms with van der Waals surface area (Å²) in [7, 11) is 0. The van der Waals surface area contributed by atoms with Gasteiger partial charge in [0, 0.05) is 16.9 Å². The average Bonchev–Trinajstić information content (AvgIpc) is 2.93. The quantitative estimate of drug-likeness (QED) is 0.691. The van der Waals surface area contributed by atoms with E-state index in [0.717, 1.165) is 16.4 Å². The fourth-order valence-corrected chi connectivity index (χ4v) is 2.17. The second-order valence-corrected chi connectivity index (χ2v) is 5.10. The van der Waals surface area contributed by atoms with E-state index < -0.39 is 0 Å². The van der Waals surface area contributed by atoms with Crippen molar-refractivity contribution in [2.45, 2.75) is 0 Å². The second-order valence-electron chi connectivity index (χ2n) is 4.19. The molecule has 0 saturated heterocycles. The molecule has 3 aromatic rings. The number of hydrogen-bond donors (Lipinski definition) is 0. The summed E-state index contributed by atoms with van der Waals surface area (Å²) in [6.07, 6.45) is 4.19. The smallest absolute Gasteiger partial charge is 0.153 e. The van der Waals surface area contributed by atoms with E-state index in [0.29, 0.717) is 17.0 Å². The minimum absolute atomic E-state index is 0.520. The van der Waals surface area contributed by atoms with E-state index in [2.05, 4.69) is 26.0 Å². The van der Waals surface area contributed by atoms with Gasteiger partial charge >= 0.3 is 0 Å². The van der Waals surface area contributed by atoms with Gasteiger partial charge in [0.1, 0.15) is 5.69 Å². The maximum absolute atomic E-state index is 11.2. The van der Waals surface area contributed by atoms with Crippen LogP contribution in [0.1, 0.15) is 10.4 Å². The highest BCUT2D eigenvalue weighted by atomic mass is 79.9. The van der Waals surface area contributed by atoms with E-state index >= 15 is 0 Å². The Morgan fingerprint density at radius 1 is 1.10 bits per heavy atom. The number of carbonyl (C=O) groups is 1. The molecule has 0 N–H and O–H groups in total. The molecule has 0 fully saturated rings. The van der Waals surface area contributed by atoms with Gasteiger partial charge in [-0.05, 0) is 36.4 Å². The number of hydrogen-bond acceptors (Lipinski definition) is 3. The van der Waals surface area contributed by atoms with Gasteiger partial charge in [-0.1, -0.05) is 22.0 Å². The summed E-state index contributed by atoms with van der Waals surface area (Å²) in [6, 6.07) is 13.2. The molecule has 0 unspecified atom stereocenters. The summed E-state index contributed by atoms with van der Waals surface area (Å²) in [5.74, 6) is 0. The Balaban J connectivity index is 2.09. The highest BCUT2D eigenvalue weighted by Crippen LogP contribution is 2.21. The van der Waals surface area contributed by atoms with Crippen LogP contribution in [-0.2, 0) is 0 Å². The second kappa shape index (κ2) is 5.38. The van der Waals surface area contributed by atoms with Crippen molar-refractivity contribution in [1.82, 2.24) is 14.8 Å². The number of rotatable bonds is 3. The first-order valence-corrected chi connectivity index (χ1v) is 6.79. The van der Waals surface area contributed by atoms with Crippen LogP contribution in [0.15, 0.2) is 59.3 Å². The zero-order valence-electron chi connectivity index (χ0n) is 10.4. The third-order valence-electron chi connectivity index (χ3n) is 2.87. The van der Waals surface area contributed by atoms with Crippen LogP contribution < -0.4 is 0 Å². The Labute approximate surface area is 124 Å². The van der Waals surface area contributed by atoms with Crippen LogP contribution in [0.4, 0.5) is 0 Å². The molecule has 0 radical (unpaired) electrons. The third-order valence-corrected chi connectivity index (χ3v) is 3.40. The van der Waals surface area contributed by atoms with Crippen molar-refractivity contribution in [2.75, 3.05) is 0 Å². The fourth-order valence-electron chi connectivity index (χ4n) is 1.90. The predicted octanol–water partition coefficient (Wildman–Crippen LogP) is 3.51. The number of aldehydes is 1. The van der Waals surface area contributed by atoms with E-state index in [4.69, 9.17) is 0 Å². The van der Waals surface area contributed by atoms with Crippen LogP contribution >= 0.6 is 15.9 Å². The van der Waals surface area contributed by atoms with Crippen LogP contribution in [0.3, 0.4) is 0 Å². The maximum atomic E-state index is 11.2. The maximum Gasteiger partial charge on any atom is 0.153 e. The Bertz CT molecular complexity index is 736. The average molecular weight is 328 g/mol. The fraction of sp³-hybridized carbons (Fsp3) is 0. The lowest BCUT2D eigenvalue weighted by Gasteiger charge is -2.00. The van der Waals surface area contributed by atoms with Crippen molar-refractivity contribution >= 4 is 22.2 Å². The standard InChI is InChI=1S/C15H10BrN3O/c16-12-4-6-13(7-5-12)19-9-11(10-20)15(18-19)14-3-1-2-8-17-14/h1-10H. The van der Waals surface area contributed by atoms with Crippen LogP contribution in [0.2, 0.25) is 0 Å². The van der Waals surface area contributed by atoms with E-state index in [1.165, 1.54) is 0 Å². The Hall–Kier alpha value is -2.27. The number of pyridine rings is 1. The molecule has 0 aliphatic carbocycles. The minimum atomic E-state index is 0.520. The van der Waals surface area contributed by atoms with Crippen molar-refractivity contribution in [1.29, 1.82) is 0 Å². The summed E-state index contributed by atoms with van der Waals surface area (Å²) < 4.78 is 2.68. The first-order chi connectivity index (χ1) is 9.78. The first-order valence-electron chi connectivity index (χ1n) is 6.00. The van der Waals surface area contributed by atoms with Gasteiger partial charge in [0.2, 0.25) is 0 Å². The summed E-state index contributed by atoms with van der Waals surface area (Å²) in [5.41, 5.74) is 2.68. The van der Waals surface area contributed by atoms with Gasteiger partial charge in [-0.3, -0.25) is 9.78 Å². The van der Waals surface area contributed by atoms with Gasteiger partial charge in [0.15, 0.2) is 6.29 Å². The van der Waals surface area contributed by atoms with Gasteiger partial charge in [0.25, 0.3) is 0 Å². The molecule has 98 valence electrons. The van der Waals surface area contributed by atoms with Crippen molar-refractivity contribution in [3.8, 4) is 17.1 Å². The summed E-state index contributed by atoms with van der Waals surface area (Å²) in [5, 5.41) is 4.46. The van der Waals surface area contributed by atoms with E-state index in [1.54, 1.807) is 17.1 Å². The molecular formula is C15H10BrN3O. The number of carbonyl (C=O) groups excluding carboxylic acids is 1. The van der Waals surface area contributed by atoms with Crippen molar-refractivity contribution in [3.05, 3.63) is 64.9 Å². The lowest BCUT2D eigenvalue weighted by molar-refractivity contribution is 0.112. The van der Waals surface area contributed by atoms with E-state index in [1.807, 2.05) is 42.5 Å². The Morgan fingerprint density at radius 3 is 2.55 bits per heavy atom. The van der Waals surface area contributed by atoms with Crippen LogP contribution in [0.25, 0.3) is 17.1 Å². The zero-order valence-corrected chi connectivity index (χ0v) is 12.0. The summed E-state index contributed by atoms with van der Waals surface area (Å²) in [4.78, 5) is 15.4. The first kappa shape index (κ1) is 12.7. The molecule has 0 atom stereocenters. The molecule has 3 rings (SSSR count). The highest BCUT2D eigenvalue weighted by molar-refractivity contribution is 9.10. The molecule has 0 amide bonds. The number of halogens is 1. The monoisotopic (exact) mass is 327 g/mol. The molecule has 2 aromatic heterocycles. The van der Waals surface area contributed by atoms with Gasteiger partial charge in [0.05, 0.1) is 16.9 Å². The molecule has 0 saturated carbocycles. The molecule has 20 heavy (non-hydrogen) atoms. The lowest BCUT2D eigenvalue weighted by atomic mass is 10.2. The molecule has 5 heteroatoms. The molecule has 2 heterocycles. The number of aromatic nitrogens is 3. The van der Waals surface area contributed by atoms with Gasteiger partial charge in [-0.15, -0.1) is 0 Å². The van der Waals surface area contributed by atoms with E-state index in [9.17, 15) is 4.79 Å². The largest absolute Gasteiger partial charge is 0.298 e. The van der Waals surface area contributed by atoms with Gasteiger partial charge < -0.3 is 0 Å². The molecular weight excluding hydrogens is 318 g/mol. The topological polar surface area (TPSA) is 47.8 Å². The lowest BCUT2D eigenvalue weighted by Crippen LogP contribution is -1.94. The number of benzene rings is 1. The van der Waals surface area contributed by atoms with E-state index in [-0.39, 0.29) is 0 Å². The van der Waals surface area contributed by atoms with Gasteiger partial charge in [-0.2, -0.15) is 5.10 Å². The Morgan fingerprint density at radius 2 is 1.90 bits per heavy atom. The normalized spacial score (nSPS) is 10.4. The predicted molar refractivity (Wildman–Crippen MR) is 79.9 cm³/mol. The van der Waals surface area contributed by atoms with Crippen molar-refractivity contribution in [3.63, 3.8) is 0 Å². The molecule has 0 spiro atoms. The summed E-state index contributed by atoms with van der Waals surface area (Å²) >= 11 is 3.39. The van der Waals surface area contributed by atoms with Crippen LogP contribution in [0.5, 0.6) is 0 Å². The minimum Gasteiger partial charge on any atom is -0.298 e. The highest BCUT2D eigenvalue weighted by Gasteiger charge is 2.12. The third kappa shape index (κ3) is 2.40. The van der Waals surface area contributed by atoms with Crippen LogP contribution in [-0.4, -0.2) is 21.1 Å². The van der Waals surface area contributed by atoms with Crippen molar-refractivity contribution in [2.24, 2.45) is 0 Å². The summed E-state index contributed by atoms with van der Waals surface area (Å²) in [6.45, 7) is 0. The number of nitrogens with zero attached hydrogens (tertiary/aromatic N) is 3. The molecule has 0 aliphatic heterocycles.